The molecule has 0 spiro atoms. The van der Waals surface area contributed by atoms with Crippen LogP contribution >= 0.6 is 0 Å². The fourth-order valence-electron chi connectivity index (χ4n) is 0.981. The lowest BCUT2D eigenvalue weighted by molar-refractivity contribution is -0.143. The minimum Gasteiger partial charge on any atom is -0.480 e. The molecule has 1 amide bonds. The number of amides is 1. The number of aromatic nitrogens is 1. The van der Waals surface area contributed by atoms with E-state index in [1.807, 2.05) is 0 Å². The largest absolute Gasteiger partial charge is 0.480 e. The predicted octanol–water partition coefficient (Wildman–Crippen LogP) is 0.374. The van der Waals surface area contributed by atoms with Crippen molar-refractivity contribution in [1.82, 2.24) is 10.5 Å². The number of carboxylic acids is 1. The monoisotopic (exact) mass is 241 g/mol. The van der Waals surface area contributed by atoms with Crippen LogP contribution in [0.25, 0.3) is 0 Å². The molecular weight excluding hydrogens is 226 g/mol. The minimum atomic E-state index is -1.16. The maximum Gasteiger partial charge on any atom is 0.323 e. The summed E-state index contributed by atoms with van der Waals surface area (Å²) in [4.78, 5) is 22.2. The quantitative estimate of drug-likeness (QED) is 0.688. The zero-order valence-electron chi connectivity index (χ0n) is 9.90. The molecule has 0 aromatic carbocycles. The number of nitrogens with one attached hydrogen (secondary N) is 2. The highest BCUT2D eigenvalue weighted by atomic mass is 16.5. The van der Waals surface area contributed by atoms with Gasteiger partial charge in [0.05, 0.1) is 12.2 Å². The number of hydrogen-bond donors (Lipinski definition) is 3. The van der Waals surface area contributed by atoms with Crippen LogP contribution in [-0.2, 0) is 9.59 Å². The highest BCUT2D eigenvalue weighted by molar-refractivity contribution is 5.91. The molecule has 1 aromatic heterocycles. The van der Waals surface area contributed by atoms with Gasteiger partial charge in [0, 0.05) is 6.07 Å². The Morgan fingerprint density at radius 1 is 1.53 bits per heavy atom. The number of carbonyl (C=O) groups is 2. The molecule has 0 bridgehead atoms. The molecule has 0 aliphatic heterocycles. The summed E-state index contributed by atoms with van der Waals surface area (Å²) in [6.45, 7) is 4.55. The first-order valence-corrected chi connectivity index (χ1v) is 5.03. The Balaban J connectivity index is 2.43. The molecule has 0 radical (unpaired) electrons. The van der Waals surface area contributed by atoms with E-state index in [4.69, 9.17) is 9.63 Å². The van der Waals surface area contributed by atoms with Gasteiger partial charge >= 0.3 is 5.97 Å². The van der Waals surface area contributed by atoms with Gasteiger partial charge in [-0.25, -0.2) is 0 Å². The normalized spacial score (nSPS) is 11.2. The number of nitrogens with zero attached hydrogens (tertiary/aromatic N) is 1. The molecule has 0 saturated heterocycles. The molecular formula is C10H15N3O4. The topological polar surface area (TPSA) is 104 Å². The Morgan fingerprint density at radius 3 is 2.65 bits per heavy atom. The molecule has 1 aromatic rings. The fraction of sp³-hybridized carbons (Fsp3) is 0.500. The van der Waals surface area contributed by atoms with Gasteiger partial charge < -0.3 is 9.63 Å². The van der Waals surface area contributed by atoms with Crippen molar-refractivity contribution >= 4 is 17.8 Å². The summed E-state index contributed by atoms with van der Waals surface area (Å²) in [6.07, 6.45) is 0. The van der Waals surface area contributed by atoms with Gasteiger partial charge in [0.15, 0.2) is 0 Å². The van der Waals surface area contributed by atoms with E-state index in [2.05, 4.69) is 15.8 Å². The van der Waals surface area contributed by atoms with Crippen LogP contribution < -0.4 is 10.6 Å². The molecule has 0 aliphatic rings. The van der Waals surface area contributed by atoms with Crippen molar-refractivity contribution in [3.63, 3.8) is 0 Å². The SMILES string of the molecule is Cc1cc(NC(=O)CNC(C)(C)C(=O)O)on1. The molecule has 7 heteroatoms. The average molecular weight is 241 g/mol. The maximum atomic E-state index is 11.4. The minimum absolute atomic E-state index is 0.126. The molecule has 0 fully saturated rings. The molecule has 17 heavy (non-hydrogen) atoms. The van der Waals surface area contributed by atoms with Gasteiger partial charge in [-0.05, 0) is 20.8 Å². The van der Waals surface area contributed by atoms with E-state index in [0.29, 0.717) is 5.69 Å². The maximum absolute atomic E-state index is 11.4. The molecule has 0 unspecified atom stereocenters. The first-order valence-electron chi connectivity index (χ1n) is 5.03. The summed E-state index contributed by atoms with van der Waals surface area (Å²) < 4.78 is 4.79. The summed E-state index contributed by atoms with van der Waals surface area (Å²) in [6, 6.07) is 1.57. The van der Waals surface area contributed by atoms with Crippen molar-refractivity contribution in [2.24, 2.45) is 0 Å². The molecule has 1 heterocycles. The van der Waals surface area contributed by atoms with Crippen molar-refractivity contribution < 1.29 is 19.2 Å². The van der Waals surface area contributed by atoms with E-state index in [-0.39, 0.29) is 12.4 Å². The molecule has 0 saturated carbocycles. The number of carboxylic acid groups (broad SMARTS) is 1. The van der Waals surface area contributed by atoms with Gasteiger partial charge in [-0.1, -0.05) is 5.16 Å². The Morgan fingerprint density at radius 2 is 2.18 bits per heavy atom. The second-order valence-corrected chi connectivity index (χ2v) is 4.16. The van der Waals surface area contributed by atoms with Crippen LogP contribution in [0.3, 0.4) is 0 Å². The van der Waals surface area contributed by atoms with Crippen LogP contribution in [-0.4, -0.2) is 34.2 Å². The van der Waals surface area contributed by atoms with Crippen LogP contribution in [0.5, 0.6) is 0 Å². The summed E-state index contributed by atoms with van der Waals surface area (Å²) in [7, 11) is 0. The lowest BCUT2D eigenvalue weighted by atomic mass is 10.1. The number of hydrogen-bond acceptors (Lipinski definition) is 5. The van der Waals surface area contributed by atoms with Crippen molar-refractivity contribution in [1.29, 1.82) is 0 Å². The Kier molecular flexibility index (Phi) is 3.84. The van der Waals surface area contributed by atoms with Crippen LogP contribution in [0.2, 0.25) is 0 Å². The Labute approximate surface area is 98.2 Å². The number of aryl methyl sites for hydroxylation is 1. The smallest absolute Gasteiger partial charge is 0.323 e. The Hall–Kier alpha value is -1.89. The third kappa shape index (κ3) is 3.87. The summed E-state index contributed by atoms with van der Waals surface area (Å²) in [5.41, 5.74) is -0.506. The van der Waals surface area contributed by atoms with E-state index in [1.54, 1.807) is 13.0 Å². The average Bonchev–Trinajstić information content (AvgIpc) is 2.61. The number of anilines is 1. The molecule has 94 valence electrons. The van der Waals surface area contributed by atoms with Crippen molar-refractivity contribution in [2.75, 3.05) is 11.9 Å². The van der Waals surface area contributed by atoms with Gasteiger partial charge in [0.1, 0.15) is 5.54 Å². The molecule has 1 rings (SSSR count). The van der Waals surface area contributed by atoms with Gasteiger partial charge in [-0.3, -0.25) is 20.2 Å². The zero-order valence-corrected chi connectivity index (χ0v) is 9.90. The van der Waals surface area contributed by atoms with E-state index in [0.717, 1.165) is 0 Å². The predicted molar refractivity (Wildman–Crippen MR) is 59.6 cm³/mol. The summed E-state index contributed by atoms with van der Waals surface area (Å²) in [5.74, 6) is -1.18. The summed E-state index contributed by atoms with van der Waals surface area (Å²) in [5, 5.41) is 17.5. The van der Waals surface area contributed by atoms with Gasteiger partial charge in [-0.15, -0.1) is 0 Å². The van der Waals surface area contributed by atoms with E-state index in [9.17, 15) is 9.59 Å². The molecule has 3 N–H and O–H groups in total. The molecule has 7 nitrogen and oxygen atoms in total. The first kappa shape index (κ1) is 13.2. The lowest BCUT2D eigenvalue weighted by Gasteiger charge is -2.20. The second kappa shape index (κ2) is 4.96. The van der Waals surface area contributed by atoms with E-state index < -0.39 is 17.4 Å². The zero-order chi connectivity index (χ0) is 13.1. The van der Waals surface area contributed by atoms with Crippen LogP contribution in [0.1, 0.15) is 19.5 Å². The fourth-order valence-corrected chi connectivity index (χ4v) is 0.981. The van der Waals surface area contributed by atoms with Gasteiger partial charge in [-0.2, -0.15) is 0 Å². The van der Waals surface area contributed by atoms with Crippen molar-refractivity contribution in [2.45, 2.75) is 26.3 Å². The Bertz CT molecular complexity index is 425. The second-order valence-electron chi connectivity index (χ2n) is 4.16. The van der Waals surface area contributed by atoms with Crippen molar-refractivity contribution in [3.05, 3.63) is 11.8 Å². The lowest BCUT2D eigenvalue weighted by Crippen LogP contribution is -2.49. The van der Waals surface area contributed by atoms with Crippen molar-refractivity contribution in [3.8, 4) is 0 Å². The highest BCUT2D eigenvalue weighted by Crippen LogP contribution is 2.08. The van der Waals surface area contributed by atoms with Crippen LogP contribution in [0, 0.1) is 6.92 Å². The third-order valence-corrected chi connectivity index (χ3v) is 2.12. The van der Waals surface area contributed by atoms with Crippen LogP contribution in [0.4, 0.5) is 5.88 Å². The van der Waals surface area contributed by atoms with E-state index >= 15 is 0 Å². The number of carbonyl (C=O) groups excluding carboxylic acids is 1. The molecule has 0 atom stereocenters. The van der Waals surface area contributed by atoms with Gasteiger partial charge in [0.25, 0.3) is 0 Å². The first-order chi connectivity index (χ1) is 7.81. The number of aliphatic carboxylic acids is 1. The standard InChI is InChI=1S/C10H15N3O4/c1-6-4-8(17-13-6)12-7(14)5-11-10(2,3)9(15)16/h4,11H,5H2,1-3H3,(H,12,14)(H,15,16). The van der Waals surface area contributed by atoms with Crippen LogP contribution in [0.15, 0.2) is 10.6 Å². The highest BCUT2D eigenvalue weighted by Gasteiger charge is 2.26. The van der Waals surface area contributed by atoms with Gasteiger partial charge in [0.2, 0.25) is 11.8 Å². The third-order valence-electron chi connectivity index (χ3n) is 2.12. The summed E-state index contributed by atoms with van der Waals surface area (Å²) >= 11 is 0. The molecule has 0 aliphatic carbocycles. The number of rotatable bonds is 5. The van der Waals surface area contributed by atoms with E-state index in [1.165, 1.54) is 13.8 Å².